The van der Waals surface area contributed by atoms with Crippen molar-refractivity contribution in [3.8, 4) is 0 Å². The number of hydrogen-bond acceptors (Lipinski definition) is 1. The van der Waals surface area contributed by atoms with Crippen LogP contribution in [0.3, 0.4) is 0 Å². The second-order valence-corrected chi connectivity index (χ2v) is 7.57. The first-order valence-corrected chi connectivity index (χ1v) is 8.67. The van der Waals surface area contributed by atoms with Crippen molar-refractivity contribution in [3.63, 3.8) is 0 Å². The minimum atomic E-state index is 0.434. The van der Waals surface area contributed by atoms with Gasteiger partial charge in [-0.3, -0.25) is 0 Å². The van der Waals surface area contributed by atoms with Crippen molar-refractivity contribution in [3.05, 3.63) is 0 Å². The van der Waals surface area contributed by atoms with E-state index < -0.39 is 0 Å². The zero-order chi connectivity index (χ0) is 11.1. The number of rotatable bonds is 6. The van der Waals surface area contributed by atoms with Gasteiger partial charge in [0.05, 0.1) is 0 Å². The molecule has 1 aliphatic rings. The Morgan fingerprint density at radius 2 is 1.53 bits per heavy atom. The van der Waals surface area contributed by atoms with Crippen LogP contribution in [0.4, 0.5) is 0 Å². The van der Waals surface area contributed by atoms with Gasteiger partial charge in [-0.05, 0) is 57.3 Å². The fourth-order valence-electron chi connectivity index (χ4n) is 2.65. The van der Waals surface area contributed by atoms with Crippen LogP contribution in [0.15, 0.2) is 0 Å². The maximum atomic E-state index is 2.75. The summed E-state index contributed by atoms with van der Waals surface area (Å²) in [5.74, 6) is 0. The van der Waals surface area contributed by atoms with E-state index in [1.54, 1.807) is 12.3 Å². The highest BCUT2D eigenvalue weighted by molar-refractivity contribution is 7.57. The molecule has 90 valence electrons. The third-order valence-electron chi connectivity index (χ3n) is 3.54. The van der Waals surface area contributed by atoms with Crippen molar-refractivity contribution < 1.29 is 0 Å². The summed E-state index contributed by atoms with van der Waals surface area (Å²) in [5, 5.41) is 0. The van der Waals surface area contributed by atoms with Crippen molar-refractivity contribution in [2.45, 2.75) is 52.5 Å². The van der Waals surface area contributed by atoms with Crippen LogP contribution in [0.1, 0.15) is 46.5 Å². The predicted octanol–water partition coefficient (Wildman–Crippen LogP) is 3.77. The van der Waals surface area contributed by atoms with E-state index >= 15 is 0 Å². The van der Waals surface area contributed by atoms with E-state index in [1.165, 1.54) is 44.9 Å². The van der Waals surface area contributed by atoms with Crippen LogP contribution < -0.4 is 0 Å². The van der Waals surface area contributed by atoms with E-state index in [9.17, 15) is 0 Å². The summed E-state index contributed by atoms with van der Waals surface area (Å²) >= 11 is 0. The van der Waals surface area contributed by atoms with E-state index in [1.807, 2.05) is 0 Å². The highest BCUT2D eigenvalue weighted by Crippen LogP contribution is 2.42. The topological polar surface area (TPSA) is 3.24 Å². The van der Waals surface area contributed by atoms with Crippen molar-refractivity contribution in [1.29, 1.82) is 0 Å². The smallest absolute Gasteiger partial charge is 0.0102 e. The van der Waals surface area contributed by atoms with Crippen molar-refractivity contribution in [2.24, 2.45) is 0 Å². The molecular formula is C13H28NP. The van der Waals surface area contributed by atoms with Crippen LogP contribution in [-0.4, -0.2) is 42.5 Å². The molecule has 1 rings (SSSR count). The Labute approximate surface area is 97.4 Å². The van der Waals surface area contributed by atoms with Crippen LogP contribution in [0.5, 0.6) is 0 Å². The Hall–Kier alpha value is 0.390. The highest BCUT2D eigenvalue weighted by Gasteiger charge is 2.23. The molecule has 1 nitrogen and oxygen atoms in total. The summed E-state index contributed by atoms with van der Waals surface area (Å²) in [5.41, 5.74) is 0. The molecule has 0 aromatic rings. The highest BCUT2D eigenvalue weighted by atomic mass is 31.1. The molecule has 1 aliphatic heterocycles. The second kappa shape index (κ2) is 7.63. The van der Waals surface area contributed by atoms with Crippen LogP contribution in [-0.2, 0) is 0 Å². The van der Waals surface area contributed by atoms with Crippen LogP contribution in [0, 0.1) is 0 Å². The van der Waals surface area contributed by atoms with Crippen LogP contribution in [0.2, 0.25) is 0 Å². The average molecular weight is 229 g/mol. The van der Waals surface area contributed by atoms with Crippen molar-refractivity contribution in [2.75, 3.05) is 31.6 Å². The quantitative estimate of drug-likeness (QED) is 0.627. The Morgan fingerprint density at radius 3 is 1.93 bits per heavy atom. The zero-order valence-electron chi connectivity index (χ0n) is 10.8. The van der Waals surface area contributed by atoms with Gasteiger partial charge in [0.2, 0.25) is 0 Å². The lowest BCUT2D eigenvalue weighted by Gasteiger charge is -2.36. The average Bonchev–Trinajstić information content (AvgIpc) is 2.29. The first-order chi connectivity index (χ1) is 7.31. The molecule has 0 N–H and O–H groups in total. The van der Waals surface area contributed by atoms with Gasteiger partial charge in [-0.15, -0.1) is 7.92 Å². The molecule has 0 bridgehead atoms. The van der Waals surface area contributed by atoms with Gasteiger partial charge in [0.15, 0.2) is 0 Å². The van der Waals surface area contributed by atoms with Gasteiger partial charge in [-0.2, -0.15) is 0 Å². The summed E-state index contributed by atoms with van der Waals surface area (Å²) in [7, 11) is 0.434. The SMILES string of the molecule is CCCN(CCC)C1CCP(CC)CC1. The number of nitrogens with zero attached hydrogens (tertiary/aromatic N) is 1. The molecule has 15 heavy (non-hydrogen) atoms. The molecule has 0 aromatic carbocycles. The third-order valence-corrected chi connectivity index (χ3v) is 6.22. The summed E-state index contributed by atoms with van der Waals surface area (Å²) < 4.78 is 0. The van der Waals surface area contributed by atoms with Gasteiger partial charge in [0.25, 0.3) is 0 Å². The van der Waals surface area contributed by atoms with Gasteiger partial charge in [-0.1, -0.05) is 20.8 Å². The molecule has 0 atom stereocenters. The first-order valence-electron chi connectivity index (χ1n) is 6.78. The van der Waals surface area contributed by atoms with Crippen LogP contribution >= 0.6 is 7.92 Å². The normalized spacial score (nSPS) is 27.2. The Morgan fingerprint density at radius 1 is 1.00 bits per heavy atom. The summed E-state index contributed by atoms with van der Waals surface area (Å²) in [6.45, 7) is 9.64. The molecule has 0 spiro atoms. The van der Waals surface area contributed by atoms with Crippen LogP contribution in [0.25, 0.3) is 0 Å². The van der Waals surface area contributed by atoms with Crippen molar-refractivity contribution >= 4 is 7.92 Å². The third kappa shape index (κ3) is 4.41. The minimum Gasteiger partial charge on any atom is -0.300 e. The fourth-order valence-corrected chi connectivity index (χ4v) is 4.83. The maximum absolute atomic E-state index is 2.75. The summed E-state index contributed by atoms with van der Waals surface area (Å²) in [6, 6.07) is 0.926. The lowest BCUT2D eigenvalue weighted by atomic mass is 10.1. The van der Waals surface area contributed by atoms with Gasteiger partial charge < -0.3 is 4.90 Å². The lowest BCUT2D eigenvalue weighted by Crippen LogP contribution is -2.39. The largest absolute Gasteiger partial charge is 0.300 e. The second-order valence-electron chi connectivity index (χ2n) is 4.70. The van der Waals surface area contributed by atoms with E-state index in [4.69, 9.17) is 0 Å². The molecule has 0 saturated carbocycles. The van der Waals surface area contributed by atoms with Gasteiger partial charge in [0.1, 0.15) is 0 Å². The van der Waals surface area contributed by atoms with Crippen molar-refractivity contribution in [1.82, 2.24) is 4.90 Å². The van der Waals surface area contributed by atoms with E-state index in [0.29, 0.717) is 7.92 Å². The molecule has 0 aromatic heterocycles. The molecule has 1 fully saturated rings. The fraction of sp³-hybridized carbons (Fsp3) is 1.00. The van der Waals surface area contributed by atoms with Gasteiger partial charge >= 0.3 is 0 Å². The molecule has 0 aliphatic carbocycles. The standard InChI is InChI=1S/C13H28NP/c1-4-9-14(10-5-2)13-7-11-15(6-3)12-8-13/h13H,4-12H2,1-3H3. The molecule has 0 amide bonds. The first kappa shape index (κ1) is 13.5. The predicted molar refractivity (Wildman–Crippen MR) is 72.4 cm³/mol. The molecule has 1 saturated heterocycles. The Kier molecular flexibility index (Phi) is 6.84. The summed E-state index contributed by atoms with van der Waals surface area (Å²) in [6.07, 6.45) is 10.2. The Balaban J connectivity index is 2.34. The Bertz CT molecular complexity index is 147. The lowest BCUT2D eigenvalue weighted by molar-refractivity contribution is 0.185. The van der Waals surface area contributed by atoms with E-state index in [0.717, 1.165) is 6.04 Å². The number of hydrogen-bond donors (Lipinski definition) is 0. The van der Waals surface area contributed by atoms with Gasteiger partial charge in [0, 0.05) is 6.04 Å². The molecule has 1 heterocycles. The molecular weight excluding hydrogens is 201 g/mol. The van der Waals surface area contributed by atoms with E-state index in [2.05, 4.69) is 25.7 Å². The van der Waals surface area contributed by atoms with Gasteiger partial charge in [-0.25, -0.2) is 0 Å². The molecule has 0 radical (unpaired) electrons. The maximum Gasteiger partial charge on any atom is 0.0102 e. The summed E-state index contributed by atoms with van der Waals surface area (Å²) in [4.78, 5) is 2.75. The molecule has 0 unspecified atom stereocenters. The monoisotopic (exact) mass is 229 g/mol. The minimum absolute atomic E-state index is 0.434. The zero-order valence-corrected chi connectivity index (χ0v) is 11.7. The molecule has 2 heteroatoms. The van der Waals surface area contributed by atoms with E-state index in [-0.39, 0.29) is 0 Å².